The number of halogens is 2. The average Bonchev–Trinajstić information content (AvgIpc) is 4.02. The van der Waals surface area contributed by atoms with Crippen LogP contribution in [0, 0.1) is 28.9 Å². The number of carbonyl (C=O) groups excluding carboxylic acids is 2. The third-order valence-corrected chi connectivity index (χ3v) is 13.1. The van der Waals surface area contributed by atoms with Gasteiger partial charge in [0.2, 0.25) is 11.8 Å². The molecule has 3 aromatic heterocycles. The molecule has 4 aliphatic heterocycles. The Morgan fingerprint density at radius 1 is 1.05 bits per heavy atom. The fraction of sp³-hybridized carbons (Fsp3) is 0.500. The molecule has 7 heterocycles. The molecule has 5 aromatic rings. The van der Waals surface area contributed by atoms with Crippen molar-refractivity contribution in [2.45, 2.75) is 115 Å². The molecule has 2 amide bonds. The van der Waals surface area contributed by atoms with Crippen molar-refractivity contribution >= 4 is 44.7 Å². The van der Waals surface area contributed by atoms with Crippen molar-refractivity contribution in [1.82, 2.24) is 29.2 Å². The molecule has 1 saturated carbocycles. The summed E-state index contributed by atoms with van der Waals surface area (Å²) in [4.78, 5) is 42.3. The lowest BCUT2D eigenvalue weighted by Crippen LogP contribution is -2.45. The molecule has 5 aliphatic rings. The highest BCUT2D eigenvalue weighted by atomic mass is 19.1. The molecule has 11 nitrogen and oxygen atoms in total. The number of aromatic nitrogens is 3. The van der Waals surface area contributed by atoms with E-state index < -0.39 is 17.2 Å². The molecular formula is C46H51F2N7O4. The minimum atomic E-state index is -0.671. The van der Waals surface area contributed by atoms with Crippen LogP contribution in [-0.2, 0) is 16.0 Å². The zero-order chi connectivity index (χ0) is 41.5. The van der Waals surface area contributed by atoms with Gasteiger partial charge in [-0.25, -0.2) is 18.6 Å². The minimum Gasteiger partial charge on any atom is -0.472 e. The second-order valence-corrected chi connectivity index (χ2v) is 18.0. The van der Waals surface area contributed by atoms with Crippen molar-refractivity contribution in [2.24, 2.45) is 5.92 Å². The number of rotatable bonds is 8. The fourth-order valence-corrected chi connectivity index (χ4v) is 10.6. The Morgan fingerprint density at radius 2 is 1.85 bits per heavy atom. The van der Waals surface area contributed by atoms with Crippen LogP contribution in [0.1, 0.15) is 96.5 Å². The summed E-state index contributed by atoms with van der Waals surface area (Å²) in [7, 11) is 2.09. The number of carbonyl (C=O) groups is 2. The lowest BCUT2D eigenvalue weighted by Gasteiger charge is -2.40. The summed E-state index contributed by atoms with van der Waals surface area (Å²) in [5.74, 6) is -0.781. The average molecular weight is 804 g/mol. The van der Waals surface area contributed by atoms with Gasteiger partial charge in [0.25, 0.3) is 0 Å². The van der Waals surface area contributed by atoms with Crippen LogP contribution in [0.2, 0.25) is 0 Å². The third kappa shape index (κ3) is 6.64. The lowest BCUT2D eigenvalue weighted by molar-refractivity contribution is -0.129. The van der Waals surface area contributed by atoms with Gasteiger partial charge in [-0.2, -0.15) is 5.26 Å². The van der Waals surface area contributed by atoms with Gasteiger partial charge in [-0.15, -0.1) is 0 Å². The zero-order valence-corrected chi connectivity index (χ0v) is 34.6. The molecule has 5 fully saturated rings. The van der Waals surface area contributed by atoms with E-state index in [1.165, 1.54) is 6.07 Å². The van der Waals surface area contributed by atoms with Gasteiger partial charge >= 0.3 is 6.09 Å². The van der Waals surface area contributed by atoms with Crippen LogP contribution >= 0.6 is 0 Å². The SMILES string of the molecule is CC(=O)N1CCC[C@@H]1c1cc2c(O[C@@H](C)[C@@H]3CCCN3C)nc3c(F)c(-c4cccc5ncc(F)cc45)c(CCC#N)cc3c2n1[C@H]1[C@@H]2C[C@H]1N(C(=O)OC(C)(C)C)C2. The topological polar surface area (TPSA) is 117 Å². The Bertz CT molecular complexity index is 2560. The van der Waals surface area contributed by atoms with Crippen molar-refractivity contribution in [3.05, 3.63) is 65.5 Å². The minimum absolute atomic E-state index is 0.0240. The molecule has 0 spiro atoms. The maximum atomic E-state index is 18.0. The Hall–Kier alpha value is -5.35. The normalized spacial score (nSPS) is 23.6. The van der Waals surface area contributed by atoms with E-state index in [4.69, 9.17) is 14.5 Å². The molecule has 2 bridgehead atoms. The molecule has 2 aromatic carbocycles. The van der Waals surface area contributed by atoms with E-state index in [0.717, 1.165) is 56.1 Å². The van der Waals surface area contributed by atoms with Gasteiger partial charge in [0.15, 0.2) is 5.82 Å². The Morgan fingerprint density at radius 3 is 2.58 bits per heavy atom. The third-order valence-electron chi connectivity index (χ3n) is 13.1. The standard InChI is InChI=1S/C46H51F2N7O4/c1-25(35-14-9-17-52(35)6)58-44-33-22-37(36-15-10-18-53(36)26(2)56)55(42-28-20-38(42)54(24-28)45(57)59-46(3,4)5)43(33)32-19-27(11-8-16-49)39(40(48)41(32)51-44)30-12-7-13-34-31(30)21-29(47)23-50-34/h7,12-13,19,21-23,25,28,35-36,38,42H,8-11,14-15,17-18,20,24H2,1-6H3/t25-,28+,35-,36+,38+,42-/m0/s1. The van der Waals surface area contributed by atoms with Crippen LogP contribution in [0.4, 0.5) is 13.6 Å². The zero-order valence-electron chi connectivity index (χ0n) is 34.6. The van der Waals surface area contributed by atoms with Crippen LogP contribution in [-0.4, -0.2) is 91.7 Å². The monoisotopic (exact) mass is 803 g/mol. The number of ether oxygens (including phenoxy) is 2. The highest BCUT2D eigenvalue weighted by molar-refractivity contribution is 6.10. The highest BCUT2D eigenvalue weighted by Gasteiger charge is 2.57. The maximum Gasteiger partial charge on any atom is 0.410 e. The van der Waals surface area contributed by atoms with Crippen LogP contribution in [0.5, 0.6) is 5.88 Å². The molecule has 0 N–H and O–H groups in total. The lowest BCUT2D eigenvalue weighted by atomic mass is 9.79. The molecule has 308 valence electrons. The number of nitriles is 1. The van der Waals surface area contributed by atoms with Crippen LogP contribution < -0.4 is 4.74 Å². The summed E-state index contributed by atoms with van der Waals surface area (Å²) in [5, 5.41) is 11.5. The molecule has 1 aliphatic carbocycles. The highest BCUT2D eigenvalue weighted by Crippen LogP contribution is 2.55. The quantitative estimate of drug-likeness (QED) is 0.153. The number of amides is 2. The summed E-state index contributed by atoms with van der Waals surface area (Å²) in [6, 6.07) is 12.4. The summed E-state index contributed by atoms with van der Waals surface area (Å²) in [5.41, 5.74) is 2.84. The number of pyridine rings is 2. The number of likely N-dealkylation sites (tertiary alicyclic amines) is 2. The first-order valence-corrected chi connectivity index (χ1v) is 21.0. The van der Waals surface area contributed by atoms with E-state index in [2.05, 4.69) is 33.6 Å². The van der Waals surface area contributed by atoms with E-state index in [9.17, 15) is 19.2 Å². The Balaban J connectivity index is 1.34. The number of fused-ring (bicyclic) bond motifs is 5. The first-order valence-electron chi connectivity index (χ1n) is 21.0. The van der Waals surface area contributed by atoms with Crippen molar-refractivity contribution in [3.8, 4) is 23.1 Å². The molecule has 6 atom stereocenters. The second kappa shape index (κ2) is 14.7. The molecule has 59 heavy (non-hydrogen) atoms. The Kier molecular flexibility index (Phi) is 9.77. The molecular weight excluding hydrogens is 753 g/mol. The molecule has 10 rings (SSSR count). The predicted octanol–water partition coefficient (Wildman–Crippen LogP) is 8.86. The van der Waals surface area contributed by atoms with E-state index in [1.54, 1.807) is 25.1 Å². The molecule has 4 saturated heterocycles. The van der Waals surface area contributed by atoms with Crippen LogP contribution in [0.25, 0.3) is 43.8 Å². The number of hydrogen-bond acceptors (Lipinski definition) is 8. The number of nitrogens with zero attached hydrogens (tertiary/aromatic N) is 7. The van der Waals surface area contributed by atoms with E-state index in [0.29, 0.717) is 51.8 Å². The number of hydrogen-bond donors (Lipinski definition) is 0. The van der Waals surface area contributed by atoms with Crippen molar-refractivity contribution < 1.29 is 27.8 Å². The molecule has 0 radical (unpaired) electrons. The maximum absolute atomic E-state index is 18.0. The van der Waals surface area contributed by atoms with E-state index >= 15 is 4.39 Å². The van der Waals surface area contributed by atoms with Gasteiger partial charge in [-0.05, 0) is 115 Å². The van der Waals surface area contributed by atoms with Gasteiger partial charge in [-0.3, -0.25) is 14.7 Å². The smallest absolute Gasteiger partial charge is 0.410 e. The fourth-order valence-electron chi connectivity index (χ4n) is 10.6. The van der Waals surface area contributed by atoms with Crippen molar-refractivity contribution in [3.63, 3.8) is 0 Å². The number of aryl methyl sites for hydroxylation is 1. The summed E-state index contributed by atoms with van der Waals surface area (Å²) < 4.78 is 47.9. The number of benzene rings is 2. The van der Waals surface area contributed by atoms with Gasteiger partial charge in [0, 0.05) is 60.4 Å². The first-order chi connectivity index (χ1) is 28.2. The summed E-state index contributed by atoms with van der Waals surface area (Å²) >= 11 is 0. The van der Waals surface area contributed by atoms with Gasteiger partial charge < -0.3 is 23.8 Å². The predicted molar refractivity (Wildman–Crippen MR) is 221 cm³/mol. The van der Waals surface area contributed by atoms with Crippen molar-refractivity contribution in [1.29, 1.82) is 5.26 Å². The van der Waals surface area contributed by atoms with E-state index in [-0.39, 0.29) is 72.1 Å². The van der Waals surface area contributed by atoms with Crippen molar-refractivity contribution in [2.75, 3.05) is 26.7 Å². The molecule has 13 heteroatoms. The molecule has 0 unspecified atom stereocenters. The van der Waals surface area contributed by atoms with Gasteiger partial charge in [0.05, 0.1) is 46.8 Å². The van der Waals surface area contributed by atoms with Crippen LogP contribution in [0.3, 0.4) is 0 Å². The van der Waals surface area contributed by atoms with Gasteiger partial charge in [0.1, 0.15) is 23.0 Å². The van der Waals surface area contributed by atoms with Gasteiger partial charge in [-0.1, -0.05) is 12.1 Å². The summed E-state index contributed by atoms with van der Waals surface area (Å²) in [6.45, 7) is 11.3. The Labute approximate surface area is 342 Å². The summed E-state index contributed by atoms with van der Waals surface area (Å²) in [6.07, 6.45) is 5.22. The second-order valence-electron chi connectivity index (χ2n) is 18.0. The van der Waals surface area contributed by atoms with Crippen LogP contribution in [0.15, 0.2) is 42.6 Å². The largest absolute Gasteiger partial charge is 0.472 e. The first kappa shape index (κ1) is 39.1. The number of likely N-dealkylation sites (N-methyl/N-ethyl adjacent to an activating group) is 1. The van der Waals surface area contributed by atoms with E-state index in [1.807, 2.05) is 43.6 Å².